The normalized spacial score (nSPS) is 15.4. The van der Waals surface area contributed by atoms with Gasteiger partial charge in [-0.15, -0.1) is 0 Å². The summed E-state index contributed by atoms with van der Waals surface area (Å²) in [5.41, 5.74) is 3.36. The van der Waals surface area contributed by atoms with Gasteiger partial charge in [0.15, 0.2) is 5.96 Å². The fourth-order valence-electron chi connectivity index (χ4n) is 3.11. The maximum atomic E-state index is 13.3. The van der Waals surface area contributed by atoms with Crippen LogP contribution in [0.3, 0.4) is 0 Å². The maximum Gasteiger partial charge on any atom is 0.191 e. The molecule has 0 saturated carbocycles. The van der Waals surface area contributed by atoms with Crippen molar-refractivity contribution in [2.75, 3.05) is 32.8 Å². The molecular weight excluding hydrogens is 355 g/mol. The molecule has 28 heavy (non-hydrogen) atoms. The Hall–Kier alpha value is -2.44. The molecule has 1 heterocycles. The lowest BCUT2D eigenvalue weighted by molar-refractivity contribution is 0.0342. The molecule has 0 unspecified atom stereocenters. The molecule has 0 spiro atoms. The molecule has 2 aromatic carbocycles. The first-order chi connectivity index (χ1) is 13.7. The predicted octanol–water partition coefficient (Wildman–Crippen LogP) is 2.91. The van der Waals surface area contributed by atoms with Gasteiger partial charge < -0.3 is 15.4 Å². The summed E-state index contributed by atoms with van der Waals surface area (Å²) in [7, 11) is 0. The highest BCUT2D eigenvalue weighted by Gasteiger charge is 2.10. The molecule has 150 valence electrons. The third-order valence-corrected chi connectivity index (χ3v) is 4.65. The second kappa shape index (κ2) is 10.8. The van der Waals surface area contributed by atoms with Crippen LogP contribution in [0.15, 0.2) is 53.5 Å². The van der Waals surface area contributed by atoms with E-state index < -0.39 is 0 Å². The fraction of sp³-hybridized carbons (Fsp3) is 0.409. The van der Waals surface area contributed by atoms with Gasteiger partial charge in [-0.2, -0.15) is 0 Å². The van der Waals surface area contributed by atoms with Crippen molar-refractivity contribution in [1.29, 1.82) is 0 Å². The van der Waals surface area contributed by atoms with Crippen molar-refractivity contribution < 1.29 is 9.13 Å². The van der Waals surface area contributed by atoms with Crippen molar-refractivity contribution in [3.63, 3.8) is 0 Å². The molecule has 0 atom stereocenters. The quantitative estimate of drug-likeness (QED) is 0.569. The van der Waals surface area contributed by atoms with Gasteiger partial charge in [0.05, 0.1) is 19.8 Å². The van der Waals surface area contributed by atoms with E-state index in [2.05, 4.69) is 44.8 Å². The van der Waals surface area contributed by atoms with Crippen LogP contribution in [0.5, 0.6) is 0 Å². The lowest BCUT2D eigenvalue weighted by Crippen LogP contribution is -2.36. The Labute approximate surface area is 166 Å². The van der Waals surface area contributed by atoms with Crippen LogP contribution in [0.4, 0.5) is 4.39 Å². The van der Waals surface area contributed by atoms with E-state index in [1.54, 1.807) is 6.07 Å². The van der Waals surface area contributed by atoms with E-state index in [1.165, 1.54) is 23.3 Å². The first kappa shape index (κ1) is 20.3. The summed E-state index contributed by atoms with van der Waals surface area (Å²) >= 11 is 0. The second-order valence-corrected chi connectivity index (χ2v) is 6.88. The van der Waals surface area contributed by atoms with Crippen molar-refractivity contribution >= 4 is 5.96 Å². The Morgan fingerprint density at radius 3 is 2.50 bits per heavy atom. The highest BCUT2D eigenvalue weighted by molar-refractivity contribution is 5.79. The second-order valence-electron chi connectivity index (χ2n) is 6.88. The van der Waals surface area contributed by atoms with E-state index in [-0.39, 0.29) is 5.82 Å². The molecule has 1 aliphatic rings. The minimum absolute atomic E-state index is 0.233. The standard InChI is InChI=1S/C22H29FN4O/c1-2-24-22(26-16-20-4-3-5-21(23)14-20)25-15-18-6-8-19(9-7-18)17-27-10-12-28-13-11-27/h3-9,14H,2,10-13,15-17H2,1H3,(H2,24,25,26). The molecule has 2 aromatic rings. The number of morpholine rings is 1. The third kappa shape index (κ3) is 6.62. The van der Waals surface area contributed by atoms with Crippen LogP contribution < -0.4 is 10.6 Å². The Morgan fingerprint density at radius 1 is 1.04 bits per heavy atom. The van der Waals surface area contributed by atoms with Gasteiger partial charge in [0, 0.05) is 32.7 Å². The molecule has 0 aromatic heterocycles. The predicted molar refractivity (Wildman–Crippen MR) is 111 cm³/mol. The third-order valence-electron chi connectivity index (χ3n) is 4.65. The van der Waals surface area contributed by atoms with Crippen LogP contribution in [-0.2, 0) is 24.4 Å². The van der Waals surface area contributed by atoms with E-state index in [0.717, 1.165) is 50.9 Å². The molecule has 0 aliphatic carbocycles. The summed E-state index contributed by atoms with van der Waals surface area (Å²) in [6, 6.07) is 15.2. The van der Waals surface area contributed by atoms with Crippen LogP contribution in [0.1, 0.15) is 23.6 Å². The summed E-state index contributed by atoms with van der Waals surface area (Å²) in [6.45, 7) is 8.53. The molecule has 6 heteroatoms. The van der Waals surface area contributed by atoms with E-state index in [4.69, 9.17) is 4.74 Å². The van der Waals surface area contributed by atoms with Gasteiger partial charge in [0.25, 0.3) is 0 Å². The van der Waals surface area contributed by atoms with E-state index >= 15 is 0 Å². The number of rotatable bonds is 7. The van der Waals surface area contributed by atoms with E-state index in [0.29, 0.717) is 13.1 Å². The van der Waals surface area contributed by atoms with Gasteiger partial charge in [0.2, 0.25) is 0 Å². The minimum Gasteiger partial charge on any atom is -0.379 e. The fourth-order valence-corrected chi connectivity index (χ4v) is 3.11. The monoisotopic (exact) mass is 384 g/mol. The lowest BCUT2D eigenvalue weighted by atomic mass is 10.1. The topological polar surface area (TPSA) is 48.9 Å². The van der Waals surface area contributed by atoms with E-state index in [1.807, 2.05) is 13.0 Å². The molecular formula is C22H29FN4O. The molecule has 1 saturated heterocycles. The molecule has 0 radical (unpaired) electrons. The zero-order valence-corrected chi connectivity index (χ0v) is 16.5. The molecule has 1 fully saturated rings. The first-order valence-corrected chi connectivity index (χ1v) is 9.87. The van der Waals surface area contributed by atoms with Crippen LogP contribution in [0, 0.1) is 5.82 Å². The number of halogens is 1. The first-order valence-electron chi connectivity index (χ1n) is 9.87. The Balaban J connectivity index is 1.51. The number of ether oxygens (including phenoxy) is 1. The van der Waals surface area contributed by atoms with E-state index in [9.17, 15) is 4.39 Å². The van der Waals surface area contributed by atoms with Gasteiger partial charge in [-0.05, 0) is 35.7 Å². The Kier molecular flexibility index (Phi) is 7.82. The van der Waals surface area contributed by atoms with Gasteiger partial charge >= 0.3 is 0 Å². The largest absolute Gasteiger partial charge is 0.379 e. The number of nitrogens with one attached hydrogen (secondary N) is 2. The average Bonchev–Trinajstić information content (AvgIpc) is 2.72. The van der Waals surface area contributed by atoms with Gasteiger partial charge in [-0.1, -0.05) is 36.4 Å². The van der Waals surface area contributed by atoms with Crippen LogP contribution in [-0.4, -0.2) is 43.7 Å². The average molecular weight is 384 g/mol. The number of hydrogen-bond acceptors (Lipinski definition) is 3. The molecule has 3 rings (SSSR count). The van der Waals surface area contributed by atoms with Crippen molar-refractivity contribution in [2.24, 2.45) is 4.99 Å². The van der Waals surface area contributed by atoms with Crippen molar-refractivity contribution in [3.8, 4) is 0 Å². The number of aliphatic imine (C=N–C) groups is 1. The summed E-state index contributed by atoms with van der Waals surface area (Å²) in [5, 5.41) is 6.57. The molecule has 1 aliphatic heterocycles. The highest BCUT2D eigenvalue weighted by atomic mass is 19.1. The Morgan fingerprint density at radius 2 is 1.79 bits per heavy atom. The highest BCUT2D eigenvalue weighted by Crippen LogP contribution is 2.09. The van der Waals surface area contributed by atoms with Crippen LogP contribution >= 0.6 is 0 Å². The Bertz CT molecular complexity index is 757. The molecule has 0 bridgehead atoms. The zero-order chi connectivity index (χ0) is 19.6. The summed E-state index contributed by atoms with van der Waals surface area (Å²) < 4.78 is 18.7. The number of benzene rings is 2. The summed E-state index contributed by atoms with van der Waals surface area (Å²) in [6.07, 6.45) is 0. The van der Waals surface area contributed by atoms with Crippen LogP contribution in [0.25, 0.3) is 0 Å². The maximum absolute atomic E-state index is 13.3. The number of nitrogens with zero attached hydrogens (tertiary/aromatic N) is 2. The van der Waals surface area contributed by atoms with Gasteiger partial charge in [0.1, 0.15) is 5.82 Å². The number of guanidine groups is 1. The SMILES string of the molecule is CCNC(=NCc1cccc(F)c1)NCc1ccc(CN2CCOCC2)cc1. The number of hydrogen-bond donors (Lipinski definition) is 2. The van der Waals surface area contributed by atoms with Crippen molar-refractivity contribution in [3.05, 3.63) is 71.0 Å². The lowest BCUT2D eigenvalue weighted by Gasteiger charge is -2.26. The van der Waals surface area contributed by atoms with Gasteiger partial charge in [-0.3, -0.25) is 4.90 Å². The summed E-state index contributed by atoms with van der Waals surface area (Å²) in [5.74, 6) is 0.493. The minimum atomic E-state index is -0.233. The molecule has 0 amide bonds. The van der Waals surface area contributed by atoms with Crippen LogP contribution in [0.2, 0.25) is 0 Å². The van der Waals surface area contributed by atoms with Crippen molar-refractivity contribution in [1.82, 2.24) is 15.5 Å². The van der Waals surface area contributed by atoms with Crippen molar-refractivity contribution in [2.45, 2.75) is 26.6 Å². The van der Waals surface area contributed by atoms with Gasteiger partial charge in [-0.25, -0.2) is 9.38 Å². The smallest absolute Gasteiger partial charge is 0.191 e. The zero-order valence-electron chi connectivity index (χ0n) is 16.5. The molecule has 2 N–H and O–H groups in total. The molecule has 5 nitrogen and oxygen atoms in total. The summed E-state index contributed by atoms with van der Waals surface area (Å²) in [4.78, 5) is 6.96.